The maximum Gasteiger partial charge on any atom is 0.315 e. The number of carboxylic acids is 1. The summed E-state index contributed by atoms with van der Waals surface area (Å²) in [5.41, 5.74) is -1.39. The Kier molecular flexibility index (Phi) is 10.1. The molecule has 5 aliphatic carbocycles. The third kappa shape index (κ3) is 5.09. The summed E-state index contributed by atoms with van der Waals surface area (Å²) in [4.78, 5) is 33.4. The van der Waals surface area contributed by atoms with Crippen LogP contribution in [0.2, 0.25) is 0 Å². The maximum atomic E-state index is 14.3. The second kappa shape index (κ2) is 13.7. The van der Waals surface area contributed by atoms with Crippen LogP contribution in [0.1, 0.15) is 131 Å². The van der Waals surface area contributed by atoms with Crippen molar-refractivity contribution in [2.45, 2.75) is 149 Å². The number of allylic oxidation sites excluding steroid dienone is 1. The Morgan fingerprint density at radius 2 is 1.83 bits per heavy atom. The van der Waals surface area contributed by atoms with E-state index in [-0.39, 0.29) is 30.0 Å². The fourth-order valence-corrected chi connectivity index (χ4v) is 13.9. The number of aldehydes is 1. The summed E-state index contributed by atoms with van der Waals surface area (Å²) in [6.07, 6.45) is 21.0. The van der Waals surface area contributed by atoms with Gasteiger partial charge in [-0.15, -0.1) is 0 Å². The number of hydrogen-bond acceptors (Lipinski definition) is 5. The van der Waals surface area contributed by atoms with Gasteiger partial charge in [0.2, 0.25) is 0 Å². The molecule has 1 N–H and O–H groups in total. The Hall–Kier alpha value is -1.24. The Bertz CT molecular complexity index is 1210. The van der Waals surface area contributed by atoms with Gasteiger partial charge in [0.05, 0.1) is 17.6 Å². The average Bonchev–Trinajstić information content (AvgIpc) is 3.82. The molecule has 0 spiro atoms. The van der Waals surface area contributed by atoms with Crippen LogP contribution in [0.25, 0.3) is 0 Å². The van der Waals surface area contributed by atoms with E-state index in [0.717, 1.165) is 57.3 Å². The van der Waals surface area contributed by atoms with Crippen molar-refractivity contribution in [3.8, 4) is 0 Å². The predicted molar refractivity (Wildman–Crippen MR) is 192 cm³/mol. The van der Waals surface area contributed by atoms with Crippen LogP contribution in [0.3, 0.4) is 0 Å². The summed E-state index contributed by atoms with van der Waals surface area (Å²) in [5, 5.41) is 11.7. The number of aliphatic carboxylic acids is 1. The van der Waals surface area contributed by atoms with Crippen LogP contribution in [0.15, 0.2) is 11.6 Å². The first-order valence-electron chi connectivity index (χ1n) is 20.7. The summed E-state index contributed by atoms with van der Waals surface area (Å²) in [6, 6.07) is 0.705. The van der Waals surface area contributed by atoms with Crippen LogP contribution in [0.4, 0.5) is 0 Å². The molecule has 270 valence electrons. The monoisotopic (exact) mass is 665 g/mol. The molecule has 0 aromatic heterocycles. The number of carboxylic acid groups (broad SMARTS) is 1. The number of carbonyl (C=O) groups excluding carboxylic acids is 1. The number of likely N-dealkylation sites (N-methyl/N-ethyl adjacent to an activating group) is 1. The lowest BCUT2D eigenvalue weighted by atomic mass is 9.41. The lowest BCUT2D eigenvalue weighted by Crippen LogP contribution is -2.65. The lowest BCUT2D eigenvalue weighted by molar-refractivity contribution is -0.197. The molecule has 4 saturated carbocycles. The van der Waals surface area contributed by atoms with Gasteiger partial charge in [-0.05, 0) is 126 Å². The molecule has 2 aliphatic heterocycles. The number of likely N-dealkylation sites (tertiary alicyclic amines) is 1. The van der Waals surface area contributed by atoms with Crippen LogP contribution in [0.5, 0.6) is 0 Å². The highest BCUT2D eigenvalue weighted by molar-refractivity contribution is 5.90. The molecule has 2 heterocycles. The SMILES string of the molecule is CCC(C)C1=CC2CC3(C=O)[C@@H]4CC[C@@H](C)[C@H]4CC2(C2CC(C4CCCCC4)C(CN(CC)CCCN4CCCCC4C)O2)[C@]13C(=O)O. The van der Waals surface area contributed by atoms with E-state index in [4.69, 9.17) is 4.74 Å². The van der Waals surface area contributed by atoms with E-state index in [1.807, 2.05) is 0 Å². The highest BCUT2D eigenvalue weighted by Crippen LogP contribution is 2.84. The van der Waals surface area contributed by atoms with E-state index in [1.165, 1.54) is 77.2 Å². The number of hydrogen-bond donors (Lipinski definition) is 1. The fraction of sp³-hybridized carbons (Fsp3) is 0.905. The zero-order valence-corrected chi connectivity index (χ0v) is 31.1. The van der Waals surface area contributed by atoms with Crippen LogP contribution in [-0.4, -0.2) is 78.1 Å². The van der Waals surface area contributed by atoms with Crippen LogP contribution in [0, 0.1) is 57.7 Å². The van der Waals surface area contributed by atoms with Crippen molar-refractivity contribution in [1.29, 1.82) is 0 Å². The van der Waals surface area contributed by atoms with Crippen LogP contribution >= 0.6 is 0 Å². The summed E-state index contributed by atoms with van der Waals surface area (Å²) < 4.78 is 7.56. The normalized spacial score (nSPS) is 45.0. The molecule has 48 heavy (non-hydrogen) atoms. The van der Waals surface area contributed by atoms with E-state index in [0.29, 0.717) is 36.1 Å². The summed E-state index contributed by atoms with van der Waals surface area (Å²) in [7, 11) is 0. The molecule has 6 heteroatoms. The number of ether oxygens (including phenoxy) is 1. The van der Waals surface area contributed by atoms with Crippen molar-refractivity contribution in [2.24, 2.45) is 57.7 Å². The average molecular weight is 665 g/mol. The smallest absolute Gasteiger partial charge is 0.315 e. The van der Waals surface area contributed by atoms with Gasteiger partial charge in [-0.1, -0.05) is 84.3 Å². The number of piperidine rings is 1. The van der Waals surface area contributed by atoms with Gasteiger partial charge in [0.15, 0.2) is 0 Å². The van der Waals surface area contributed by atoms with Gasteiger partial charge in [-0.3, -0.25) is 4.79 Å². The van der Waals surface area contributed by atoms with Crippen molar-refractivity contribution in [3.63, 3.8) is 0 Å². The van der Waals surface area contributed by atoms with Crippen LogP contribution < -0.4 is 0 Å². The quantitative estimate of drug-likeness (QED) is 0.158. The van der Waals surface area contributed by atoms with Crippen molar-refractivity contribution in [1.82, 2.24) is 9.80 Å². The minimum atomic E-state index is -1.14. The molecule has 0 radical (unpaired) electrons. The Labute approximate surface area is 292 Å². The molecule has 2 saturated heterocycles. The van der Waals surface area contributed by atoms with Crippen molar-refractivity contribution >= 4 is 12.3 Å². The first kappa shape index (κ1) is 35.2. The molecular formula is C42H68N2O4. The third-order valence-corrected chi connectivity index (χ3v) is 16.4. The van der Waals surface area contributed by atoms with Crippen molar-refractivity contribution in [3.05, 3.63) is 11.6 Å². The molecular weight excluding hydrogens is 596 g/mol. The molecule has 6 nitrogen and oxygen atoms in total. The molecule has 0 aromatic rings. The van der Waals surface area contributed by atoms with Crippen molar-refractivity contribution in [2.75, 3.05) is 32.7 Å². The van der Waals surface area contributed by atoms with Gasteiger partial charge < -0.3 is 24.4 Å². The largest absolute Gasteiger partial charge is 0.481 e. The Morgan fingerprint density at radius 1 is 1.06 bits per heavy atom. The highest BCUT2D eigenvalue weighted by Gasteiger charge is 2.86. The summed E-state index contributed by atoms with van der Waals surface area (Å²) in [6.45, 7) is 17.0. The summed E-state index contributed by atoms with van der Waals surface area (Å²) >= 11 is 0. The number of fused-ring (bicyclic) bond motifs is 2. The van der Waals surface area contributed by atoms with E-state index in [2.05, 4.69) is 50.5 Å². The van der Waals surface area contributed by atoms with Gasteiger partial charge in [-0.25, -0.2) is 0 Å². The van der Waals surface area contributed by atoms with Gasteiger partial charge in [0.1, 0.15) is 11.7 Å². The number of rotatable bonds is 13. The first-order chi connectivity index (χ1) is 23.2. The molecule has 0 aromatic carbocycles. The molecule has 4 bridgehead atoms. The second-order valence-electron chi connectivity index (χ2n) is 18.1. The lowest BCUT2D eigenvalue weighted by Gasteiger charge is -2.60. The molecule has 7 rings (SSSR count). The second-order valence-corrected chi connectivity index (χ2v) is 18.1. The van der Waals surface area contributed by atoms with Gasteiger partial charge in [0.25, 0.3) is 0 Å². The molecule has 6 fully saturated rings. The highest BCUT2D eigenvalue weighted by atomic mass is 16.5. The van der Waals surface area contributed by atoms with E-state index in [1.54, 1.807) is 0 Å². The fourth-order valence-electron chi connectivity index (χ4n) is 13.9. The van der Waals surface area contributed by atoms with E-state index >= 15 is 0 Å². The van der Waals surface area contributed by atoms with Gasteiger partial charge in [-0.2, -0.15) is 0 Å². The number of nitrogens with zero attached hydrogens (tertiary/aromatic N) is 2. The molecule has 8 unspecified atom stereocenters. The Balaban J connectivity index is 1.22. The zero-order chi connectivity index (χ0) is 33.8. The van der Waals surface area contributed by atoms with Gasteiger partial charge in [0, 0.05) is 18.0 Å². The first-order valence-corrected chi connectivity index (χ1v) is 20.7. The Morgan fingerprint density at radius 3 is 2.52 bits per heavy atom. The minimum absolute atomic E-state index is 0.100. The summed E-state index contributed by atoms with van der Waals surface area (Å²) in [5.74, 6) is 1.82. The number of carbonyl (C=O) groups is 2. The predicted octanol–water partition coefficient (Wildman–Crippen LogP) is 8.24. The molecule has 0 amide bonds. The van der Waals surface area contributed by atoms with E-state index in [9.17, 15) is 14.7 Å². The van der Waals surface area contributed by atoms with Crippen LogP contribution in [-0.2, 0) is 14.3 Å². The third-order valence-electron chi connectivity index (χ3n) is 16.4. The van der Waals surface area contributed by atoms with Gasteiger partial charge >= 0.3 is 5.97 Å². The maximum absolute atomic E-state index is 14.3. The standard InChI is InChI=1S/C42H68N2O4/c1-6-28(3)36-22-32-24-40(27-45)35-18-17-29(4)34(35)25-41(32,42(36,40)39(46)47)38-23-33(31-15-9-8-10-16-31)37(48-38)26-43(7-2)19-13-21-44-20-12-11-14-30(44)5/h22,27-35,37-38H,6-21,23-26H2,1-5H3,(H,46,47)/t28?,29-,30?,32?,33?,34-,35-,37?,38?,40?,41?,42+/m1/s1. The topological polar surface area (TPSA) is 70.1 Å². The minimum Gasteiger partial charge on any atom is -0.481 e. The molecule has 7 aliphatic rings. The van der Waals surface area contributed by atoms with Crippen molar-refractivity contribution < 1.29 is 19.4 Å². The van der Waals surface area contributed by atoms with E-state index < -0.39 is 22.2 Å². The zero-order valence-electron chi connectivity index (χ0n) is 31.1. The molecule has 12 atom stereocenters.